The van der Waals surface area contributed by atoms with Crippen LogP contribution in [0, 0.1) is 0 Å². The molecule has 0 aliphatic rings. The second-order valence-electron chi connectivity index (χ2n) is 6.13. The molecule has 3 N–H and O–H groups in total. The van der Waals surface area contributed by atoms with Crippen molar-refractivity contribution in [3.05, 3.63) is 102 Å². The van der Waals surface area contributed by atoms with Crippen LogP contribution in [0.4, 0.5) is 0 Å². The standard InChI is InChI=1S/C22H19NO4/c24-18-13-7-12-17(14-18)20(22(26)27)23-21(25)19(15-8-3-1-4-9-15)16-10-5-2-6-11-16/h1-14,19-20,24H,(H,23,25)(H,26,27). The van der Waals surface area contributed by atoms with Gasteiger partial charge in [-0.2, -0.15) is 0 Å². The van der Waals surface area contributed by atoms with Gasteiger partial charge in [0.15, 0.2) is 6.04 Å². The molecule has 3 aromatic rings. The fraction of sp³-hybridized carbons (Fsp3) is 0.0909. The average Bonchev–Trinajstić information content (AvgIpc) is 2.68. The maximum Gasteiger partial charge on any atom is 0.330 e. The van der Waals surface area contributed by atoms with Crippen LogP contribution >= 0.6 is 0 Å². The third-order valence-corrected chi connectivity index (χ3v) is 4.27. The number of hydrogen-bond acceptors (Lipinski definition) is 3. The first-order chi connectivity index (χ1) is 13.1. The molecule has 1 amide bonds. The molecule has 0 radical (unpaired) electrons. The van der Waals surface area contributed by atoms with E-state index in [4.69, 9.17) is 0 Å². The lowest BCUT2D eigenvalue weighted by atomic mass is 9.90. The van der Waals surface area contributed by atoms with Gasteiger partial charge in [-0.3, -0.25) is 4.79 Å². The van der Waals surface area contributed by atoms with Crippen molar-refractivity contribution in [2.75, 3.05) is 0 Å². The number of carbonyl (C=O) groups excluding carboxylic acids is 1. The molecule has 0 aromatic heterocycles. The van der Waals surface area contributed by atoms with Gasteiger partial charge in [0.05, 0.1) is 5.92 Å². The first-order valence-corrected chi connectivity index (χ1v) is 8.48. The van der Waals surface area contributed by atoms with E-state index in [1.54, 1.807) is 12.1 Å². The lowest BCUT2D eigenvalue weighted by molar-refractivity contribution is -0.142. The maximum atomic E-state index is 13.1. The van der Waals surface area contributed by atoms with Gasteiger partial charge < -0.3 is 15.5 Å². The van der Waals surface area contributed by atoms with Crippen molar-refractivity contribution in [3.63, 3.8) is 0 Å². The molecule has 0 spiro atoms. The van der Waals surface area contributed by atoms with E-state index in [1.165, 1.54) is 12.1 Å². The van der Waals surface area contributed by atoms with Gasteiger partial charge in [-0.1, -0.05) is 72.8 Å². The molecule has 3 rings (SSSR count). The zero-order valence-electron chi connectivity index (χ0n) is 14.4. The average molecular weight is 361 g/mol. The lowest BCUT2D eigenvalue weighted by Gasteiger charge is -2.21. The zero-order valence-corrected chi connectivity index (χ0v) is 14.4. The minimum absolute atomic E-state index is 0.0596. The van der Waals surface area contributed by atoms with Crippen LogP contribution in [0.1, 0.15) is 28.7 Å². The summed E-state index contributed by atoms with van der Waals surface area (Å²) < 4.78 is 0. The quantitative estimate of drug-likeness (QED) is 0.627. The number of nitrogens with one attached hydrogen (secondary N) is 1. The summed E-state index contributed by atoms with van der Waals surface area (Å²) >= 11 is 0. The number of carbonyl (C=O) groups is 2. The summed E-state index contributed by atoms with van der Waals surface area (Å²) in [6.07, 6.45) is 0. The lowest BCUT2D eigenvalue weighted by Crippen LogP contribution is -2.37. The number of carboxylic acids is 1. The first-order valence-electron chi connectivity index (χ1n) is 8.48. The molecule has 27 heavy (non-hydrogen) atoms. The fourth-order valence-corrected chi connectivity index (χ4v) is 3.00. The SMILES string of the molecule is O=C(O)C(NC(=O)C(c1ccccc1)c1ccccc1)c1cccc(O)c1. The molecular weight excluding hydrogens is 342 g/mol. The second-order valence-corrected chi connectivity index (χ2v) is 6.13. The van der Waals surface area contributed by atoms with Crippen LogP contribution in [0.3, 0.4) is 0 Å². The Kier molecular flexibility index (Phi) is 5.52. The smallest absolute Gasteiger partial charge is 0.330 e. The van der Waals surface area contributed by atoms with E-state index < -0.39 is 23.8 Å². The molecular formula is C22H19NO4. The van der Waals surface area contributed by atoms with Gasteiger partial charge in [0, 0.05) is 0 Å². The van der Waals surface area contributed by atoms with Crippen LogP contribution in [0.2, 0.25) is 0 Å². The van der Waals surface area contributed by atoms with Crippen LogP contribution in [0.25, 0.3) is 0 Å². The summed E-state index contributed by atoms with van der Waals surface area (Å²) in [4.78, 5) is 24.8. The Morgan fingerprint density at radius 3 is 1.74 bits per heavy atom. The van der Waals surface area contributed by atoms with E-state index in [-0.39, 0.29) is 5.75 Å². The van der Waals surface area contributed by atoms with Gasteiger partial charge in [0.2, 0.25) is 5.91 Å². The van der Waals surface area contributed by atoms with Crippen molar-refractivity contribution in [2.45, 2.75) is 12.0 Å². The van der Waals surface area contributed by atoms with Gasteiger partial charge in [-0.05, 0) is 28.8 Å². The fourth-order valence-electron chi connectivity index (χ4n) is 3.00. The number of aliphatic carboxylic acids is 1. The normalized spacial score (nSPS) is 11.7. The molecule has 0 aliphatic carbocycles. The summed E-state index contributed by atoms with van der Waals surface area (Å²) in [5.74, 6) is -2.33. The number of phenols is 1. The highest BCUT2D eigenvalue weighted by Gasteiger charge is 2.28. The second kappa shape index (κ2) is 8.19. The Hall–Kier alpha value is -3.60. The number of rotatable bonds is 6. The van der Waals surface area contributed by atoms with E-state index in [2.05, 4.69) is 5.32 Å². The molecule has 136 valence electrons. The number of phenolic OH excluding ortho intramolecular Hbond substituents is 1. The summed E-state index contributed by atoms with van der Waals surface area (Å²) in [5.41, 5.74) is 1.83. The predicted octanol–water partition coefficient (Wildman–Crippen LogP) is 3.47. The highest BCUT2D eigenvalue weighted by Crippen LogP contribution is 2.27. The summed E-state index contributed by atoms with van der Waals surface area (Å²) in [6.45, 7) is 0. The van der Waals surface area contributed by atoms with Crippen molar-refractivity contribution < 1.29 is 19.8 Å². The minimum atomic E-state index is -1.26. The van der Waals surface area contributed by atoms with E-state index in [0.29, 0.717) is 5.56 Å². The number of carboxylic acid groups (broad SMARTS) is 1. The van der Waals surface area contributed by atoms with Crippen molar-refractivity contribution in [1.82, 2.24) is 5.32 Å². The van der Waals surface area contributed by atoms with E-state index in [0.717, 1.165) is 11.1 Å². The molecule has 0 fully saturated rings. The topological polar surface area (TPSA) is 86.6 Å². The number of aromatic hydroxyl groups is 1. The molecule has 0 saturated carbocycles. The monoisotopic (exact) mass is 361 g/mol. The van der Waals surface area contributed by atoms with Crippen LogP contribution in [0.15, 0.2) is 84.9 Å². The van der Waals surface area contributed by atoms with Crippen molar-refractivity contribution >= 4 is 11.9 Å². The van der Waals surface area contributed by atoms with Crippen LogP contribution in [-0.4, -0.2) is 22.1 Å². The highest BCUT2D eigenvalue weighted by molar-refractivity contribution is 5.91. The molecule has 0 aliphatic heterocycles. The van der Waals surface area contributed by atoms with Gasteiger partial charge in [-0.25, -0.2) is 4.79 Å². The van der Waals surface area contributed by atoms with Crippen LogP contribution < -0.4 is 5.32 Å². The third kappa shape index (κ3) is 4.33. The molecule has 1 atom stereocenters. The van der Waals surface area contributed by atoms with Crippen molar-refractivity contribution in [3.8, 4) is 5.75 Å². The Morgan fingerprint density at radius 1 is 0.741 bits per heavy atom. The molecule has 0 saturated heterocycles. The molecule has 5 nitrogen and oxygen atoms in total. The summed E-state index contributed by atoms with van der Waals surface area (Å²) in [5, 5.41) is 21.8. The van der Waals surface area contributed by atoms with Gasteiger partial charge >= 0.3 is 5.97 Å². The number of amides is 1. The molecule has 5 heteroatoms. The Bertz CT molecular complexity index is 886. The van der Waals surface area contributed by atoms with Crippen LogP contribution in [-0.2, 0) is 9.59 Å². The van der Waals surface area contributed by atoms with Crippen LogP contribution in [0.5, 0.6) is 5.75 Å². The van der Waals surface area contributed by atoms with Crippen molar-refractivity contribution in [2.24, 2.45) is 0 Å². The predicted molar refractivity (Wildman–Crippen MR) is 101 cm³/mol. The van der Waals surface area contributed by atoms with Crippen molar-refractivity contribution in [1.29, 1.82) is 0 Å². The number of hydrogen-bond donors (Lipinski definition) is 3. The minimum Gasteiger partial charge on any atom is -0.508 e. The molecule has 0 bridgehead atoms. The first kappa shape index (κ1) is 18.2. The molecule has 3 aromatic carbocycles. The van der Waals surface area contributed by atoms with E-state index >= 15 is 0 Å². The number of benzene rings is 3. The Labute approximate surface area is 156 Å². The van der Waals surface area contributed by atoms with E-state index in [9.17, 15) is 19.8 Å². The Balaban J connectivity index is 1.95. The van der Waals surface area contributed by atoms with Gasteiger partial charge in [0.25, 0.3) is 0 Å². The van der Waals surface area contributed by atoms with Gasteiger partial charge in [0.1, 0.15) is 5.75 Å². The summed E-state index contributed by atoms with van der Waals surface area (Å²) in [6, 6.07) is 23.0. The Morgan fingerprint density at radius 2 is 1.26 bits per heavy atom. The third-order valence-electron chi connectivity index (χ3n) is 4.27. The van der Waals surface area contributed by atoms with E-state index in [1.807, 2.05) is 60.7 Å². The summed E-state index contributed by atoms with van der Waals surface area (Å²) in [7, 11) is 0. The highest BCUT2D eigenvalue weighted by atomic mass is 16.4. The zero-order chi connectivity index (χ0) is 19.2. The molecule has 1 unspecified atom stereocenters. The largest absolute Gasteiger partial charge is 0.508 e. The maximum absolute atomic E-state index is 13.1. The molecule has 0 heterocycles. The van der Waals surface area contributed by atoms with Gasteiger partial charge in [-0.15, -0.1) is 0 Å².